The van der Waals surface area contributed by atoms with Crippen LogP contribution in [0.2, 0.25) is 0 Å². The van der Waals surface area contributed by atoms with Crippen molar-refractivity contribution in [1.82, 2.24) is 19.1 Å². The van der Waals surface area contributed by atoms with E-state index in [1.807, 2.05) is 24.7 Å². The Morgan fingerprint density at radius 2 is 2.33 bits per heavy atom. The van der Waals surface area contributed by atoms with Crippen LogP contribution in [0.4, 0.5) is 0 Å². The van der Waals surface area contributed by atoms with Gasteiger partial charge in [0.1, 0.15) is 5.82 Å². The van der Waals surface area contributed by atoms with Gasteiger partial charge in [-0.3, -0.25) is 0 Å². The first-order valence-electron chi connectivity index (χ1n) is 4.89. The van der Waals surface area contributed by atoms with Crippen molar-refractivity contribution in [3.05, 3.63) is 36.4 Å². The lowest BCUT2D eigenvalue weighted by Gasteiger charge is -2.12. The highest BCUT2D eigenvalue weighted by atomic mass is 16.3. The molecule has 0 aliphatic heterocycles. The van der Waals surface area contributed by atoms with Crippen molar-refractivity contribution in [2.45, 2.75) is 19.6 Å². The zero-order valence-electron chi connectivity index (χ0n) is 8.83. The molecule has 0 aliphatic rings. The lowest BCUT2D eigenvalue weighted by atomic mass is 10.2. The van der Waals surface area contributed by atoms with Crippen LogP contribution in [0, 0.1) is 0 Å². The molecular weight excluding hydrogens is 192 g/mol. The Kier molecular flexibility index (Phi) is 2.55. The fourth-order valence-electron chi connectivity index (χ4n) is 1.60. The van der Waals surface area contributed by atoms with E-state index in [9.17, 15) is 5.11 Å². The minimum atomic E-state index is -0.715. The average molecular weight is 206 g/mol. The normalized spacial score (nSPS) is 13.0. The predicted octanol–water partition coefficient (Wildman–Crippen LogP) is 0.718. The Bertz CT molecular complexity index is 446. The molecule has 5 heteroatoms. The van der Waals surface area contributed by atoms with E-state index >= 15 is 0 Å². The third-order valence-corrected chi connectivity index (χ3v) is 2.47. The maximum Gasteiger partial charge on any atom is 0.153 e. The molecule has 0 bridgehead atoms. The number of hydrogen-bond donors (Lipinski definition) is 1. The number of aliphatic hydroxyl groups is 1. The summed E-state index contributed by atoms with van der Waals surface area (Å²) in [6, 6.07) is 0. The summed E-state index contributed by atoms with van der Waals surface area (Å²) in [6.07, 6.45) is 6.15. The molecule has 15 heavy (non-hydrogen) atoms. The summed E-state index contributed by atoms with van der Waals surface area (Å²) in [5, 5.41) is 10.1. The van der Waals surface area contributed by atoms with Crippen molar-refractivity contribution in [1.29, 1.82) is 0 Å². The zero-order valence-corrected chi connectivity index (χ0v) is 8.83. The predicted molar refractivity (Wildman–Crippen MR) is 55.2 cm³/mol. The van der Waals surface area contributed by atoms with E-state index < -0.39 is 6.10 Å². The first-order valence-corrected chi connectivity index (χ1v) is 4.89. The average Bonchev–Trinajstić information content (AvgIpc) is 2.84. The SMILES string of the molecule is CCn1cncc1C(O)c1nccn1C. The van der Waals surface area contributed by atoms with Crippen LogP contribution >= 0.6 is 0 Å². The summed E-state index contributed by atoms with van der Waals surface area (Å²) < 4.78 is 3.71. The number of hydrogen-bond acceptors (Lipinski definition) is 3. The van der Waals surface area contributed by atoms with Crippen LogP contribution in [-0.4, -0.2) is 24.2 Å². The van der Waals surface area contributed by atoms with E-state index in [1.165, 1.54) is 0 Å². The molecule has 2 aromatic heterocycles. The first-order chi connectivity index (χ1) is 7.24. The number of rotatable bonds is 3. The van der Waals surface area contributed by atoms with Crippen LogP contribution in [0.3, 0.4) is 0 Å². The van der Waals surface area contributed by atoms with Gasteiger partial charge in [0.15, 0.2) is 6.10 Å². The number of aryl methyl sites for hydroxylation is 2. The minimum Gasteiger partial charge on any atom is -0.379 e. The van der Waals surface area contributed by atoms with E-state index in [0.717, 1.165) is 12.2 Å². The Balaban J connectivity index is 2.36. The summed E-state index contributed by atoms with van der Waals surface area (Å²) >= 11 is 0. The Labute approximate surface area is 88.0 Å². The summed E-state index contributed by atoms with van der Waals surface area (Å²) in [5.41, 5.74) is 0.770. The second-order valence-electron chi connectivity index (χ2n) is 3.40. The monoisotopic (exact) mass is 206 g/mol. The first kappa shape index (κ1) is 9.92. The number of aromatic nitrogens is 4. The molecule has 0 aliphatic carbocycles. The molecule has 0 aromatic carbocycles. The molecule has 0 spiro atoms. The molecule has 1 atom stereocenters. The molecule has 1 N–H and O–H groups in total. The van der Waals surface area contributed by atoms with Gasteiger partial charge in [-0.15, -0.1) is 0 Å². The van der Waals surface area contributed by atoms with Gasteiger partial charge in [-0.1, -0.05) is 0 Å². The van der Waals surface area contributed by atoms with Crippen LogP contribution < -0.4 is 0 Å². The van der Waals surface area contributed by atoms with Crippen LogP contribution in [0.25, 0.3) is 0 Å². The molecule has 2 rings (SSSR count). The molecule has 0 saturated carbocycles. The fraction of sp³-hybridized carbons (Fsp3) is 0.400. The smallest absolute Gasteiger partial charge is 0.153 e. The van der Waals surface area contributed by atoms with Crippen molar-refractivity contribution in [2.75, 3.05) is 0 Å². The summed E-state index contributed by atoms with van der Waals surface area (Å²) in [7, 11) is 1.86. The fourth-order valence-corrected chi connectivity index (χ4v) is 1.60. The molecule has 0 saturated heterocycles. The molecule has 80 valence electrons. The molecule has 5 nitrogen and oxygen atoms in total. The van der Waals surface area contributed by atoms with E-state index in [2.05, 4.69) is 9.97 Å². The lowest BCUT2D eigenvalue weighted by Crippen LogP contribution is -2.11. The van der Waals surface area contributed by atoms with E-state index in [0.29, 0.717) is 5.82 Å². The summed E-state index contributed by atoms with van der Waals surface area (Å²) in [5.74, 6) is 0.630. The van der Waals surface area contributed by atoms with Gasteiger partial charge < -0.3 is 14.2 Å². The largest absolute Gasteiger partial charge is 0.379 e. The highest BCUT2D eigenvalue weighted by Crippen LogP contribution is 2.19. The van der Waals surface area contributed by atoms with Gasteiger partial charge >= 0.3 is 0 Å². The van der Waals surface area contributed by atoms with Crippen LogP contribution in [0.1, 0.15) is 24.5 Å². The summed E-state index contributed by atoms with van der Waals surface area (Å²) in [4.78, 5) is 8.14. The van der Waals surface area contributed by atoms with Crippen molar-refractivity contribution < 1.29 is 5.11 Å². The van der Waals surface area contributed by atoms with Crippen LogP contribution in [0.15, 0.2) is 24.9 Å². The van der Waals surface area contributed by atoms with Crippen LogP contribution in [0.5, 0.6) is 0 Å². The van der Waals surface area contributed by atoms with Gasteiger partial charge in [0, 0.05) is 26.0 Å². The van der Waals surface area contributed by atoms with Gasteiger partial charge in [0.05, 0.1) is 18.2 Å². The Morgan fingerprint density at radius 3 is 2.93 bits per heavy atom. The molecule has 0 radical (unpaired) electrons. The van der Waals surface area contributed by atoms with E-state index in [4.69, 9.17) is 0 Å². The maximum absolute atomic E-state index is 10.1. The highest BCUT2D eigenvalue weighted by Gasteiger charge is 2.18. The molecule has 2 aromatic rings. The topological polar surface area (TPSA) is 55.9 Å². The second kappa shape index (κ2) is 3.86. The standard InChI is InChI=1S/C10H14N4O/c1-3-14-7-11-6-8(14)9(15)10-12-4-5-13(10)2/h4-7,9,15H,3H2,1-2H3. The van der Waals surface area contributed by atoms with Crippen molar-refractivity contribution >= 4 is 0 Å². The van der Waals surface area contributed by atoms with Crippen molar-refractivity contribution in [3.63, 3.8) is 0 Å². The highest BCUT2D eigenvalue weighted by molar-refractivity contribution is 5.13. The Morgan fingerprint density at radius 1 is 1.53 bits per heavy atom. The third kappa shape index (κ3) is 1.66. The maximum atomic E-state index is 10.1. The van der Waals surface area contributed by atoms with Gasteiger partial charge in [-0.2, -0.15) is 0 Å². The molecular formula is C10H14N4O. The third-order valence-electron chi connectivity index (χ3n) is 2.47. The minimum absolute atomic E-state index is 0.630. The Hall–Kier alpha value is -1.62. The number of nitrogens with zero attached hydrogens (tertiary/aromatic N) is 4. The molecule has 0 fully saturated rings. The molecule has 1 unspecified atom stereocenters. The van der Waals surface area contributed by atoms with Gasteiger partial charge in [-0.25, -0.2) is 9.97 Å². The molecule has 0 amide bonds. The summed E-state index contributed by atoms with van der Waals surface area (Å²) in [6.45, 7) is 2.80. The van der Waals surface area contributed by atoms with Gasteiger partial charge in [0.2, 0.25) is 0 Å². The van der Waals surface area contributed by atoms with Crippen molar-refractivity contribution in [2.24, 2.45) is 7.05 Å². The van der Waals surface area contributed by atoms with Crippen LogP contribution in [-0.2, 0) is 13.6 Å². The lowest BCUT2D eigenvalue weighted by molar-refractivity contribution is 0.196. The van der Waals surface area contributed by atoms with E-state index in [-0.39, 0.29) is 0 Å². The van der Waals surface area contributed by atoms with Gasteiger partial charge in [0.25, 0.3) is 0 Å². The van der Waals surface area contributed by atoms with Crippen molar-refractivity contribution in [3.8, 4) is 0 Å². The number of imidazole rings is 2. The van der Waals surface area contributed by atoms with E-state index in [1.54, 1.807) is 23.3 Å². The molecule has 2 heterocycles. The second-order valence-corrected chi connectivity index (χ2v) is 3.40. The quantitative estimate of drug-likeness (QED) is 0.805. The van der Waals surface area contributed by atoms with Gasteiger partial charge in [-0.05, 0) is 6.92 Å². The number of aliphatic hydroxyl groups excluding tert-OH is 1. The zero-order chi connectivity index (χ0) is 10.8.